The summed E-state index contributed by atoms with van der Waals surface area (Å²) in [5.41, 5.74) is 0.819. The van der Waals surface area contributed by atoms with E-state index in [1.54, 1.807) is 6.08 Å². The first-order valence-corrected chi connectivity index (χ1v) is 8.99. The van der Waals surface area contributed by atoms with Crippen molar-refractivity contribution in [3.05, 3.63) is 66.2 Å². The minimum Gasteiger partial charge on any atom is -0.508 e. The second-order valence-corrected chi connectivity index (χ2v) is 6.50. The summed E-state index contributed by atoms with van der Waals surface area (Å²) in [6.07, 6.45) is -4.16. The Labute approximate surface area is 167 Å². The first kappa shape index (κ1) is 20.8. The van der Waals surface area contributed by atoms with Gasteiger partial charge in [-0.1, -0.05) is 30.3 Å². The van der Waals surface area contributed by atoms with Crippen LogP contribution in [-0.4, -0.2) is 63.7 Å². The second kappa shape index (κ2) is 9.53. The van der Waals surface area contributed by atoms with E-state index in [1.807, 2.05) is 30.3 Å². The summed E-state index contributed by atoms with van der Waals surface area (Å²) in [5.74, 6) is -0.343. The van der Waals surface area contributed by atoms with Gasteiger partial charge in [-0.05, 0) is 35.9 Å². The van der Waals surface area contributed by atoms with Gasteiger partial charge < -0.3 is 34.6 Å². The molecule has 1 aliphatic rings. The fourth-order valence-corrected chi connectivity index (χ4v) is 2.75. The largest absolute Gasteiger partial charge is 0.508 e. The maximum atomic E-state index is 11.9. The number of aliphatic hydroxyl groups excluding tert-OH is 3. The molecule has 1 heterocycles. The monoisotopic (exact) mass is 402 g/mol. The molecule has 0 unspecified atom stereocenters. The van der Waals surface area contributed by atoms with Gasteiger partial charge in [-0.25, -0.2) is 4.79 Å². The van der Waals surface area contributed by atoms with Crippen LogP contribution in [0.1, 0.15) is 5.56 Å². The Morgan fingerprint density at radius 2 is 1.66 bits per heavy atom. The third-order valence-electron chi connectivity index (χ3n) is 4.36. The number of carbonyl (C=O) groups is 1. The van der Waals surface area contributed by atoms with Crippen LogP contribution in [0.5, 0.6) is 11.5 Å². The van der Waals surface area contributed by atoms with Crippen molar-refractivity contribution in [1.29, 1.82) is 0 Å². The molecule has 154 valence electrons. The number of esters is 1. The van der Waals surface area contributed by atoms with E-state index in [0.29, 0.717) is 0 Å². The number of benzene rings is 2. The van der Waals surface area contributed by atoms with Gasteiger partial charge in [0.15, 0.2) is 0 Å². The van der Waals surface area contributed by atoms with Crippen LogP contribution in [-0.2, 0) is 14.3 Å². The molecular weight excluding hydrogens is 380 g/mol. The zero-order valence-electron chi connectivity index (χ0n) is 15.4. The van der Waals surface area contributed by atoms with E-state index in [1.165, 1.54) is 30.3 Å². The quantitative estimate of drug-likeness (QED) is 0.414. The first-order valence-electron chi connectivity index (χ1n) is 8.99. The third kappa shape index (κ3) is 5.55. The second-order valence-electron chi connectivity index (χ2n) is 6.50. The Morgan fingerprint density at radius 1 is 0.966 bits per heavy atom. The molecule has 4 N–H and O–H groups in total. The number of aliphatic hydroxyl groups is 3. The number of rotatable bonds is 6. The highest BCUT2D eigenvalue weighted by molar-refractivity contribution is 5.87. The van der Waals surface area contributed by atoms with Crippen molar-refractivity contribution in [3.8, 4) is 11.5 Å². The van der Waals surface area contributed by atoms with Gasteiger partial charge in [0, 0.05) is 6.08 Å². The van der Waals surface area contributed by atoms with Crippen LogP contribution in [0, 0.1) is 0 Å². The molecule has 1 fully saturated rings. The van der Waals surface area contributed by atoms with Crippen molar-refractivity contribution in [2.24, 2.45) is 0 Å². The SMILES string of the molecule is O=C(C=Cc1ccccc1)OC[C@H]1O[C@@H](Oc2ccc(O)cc2)[C@H](O)[C@@H](O)[C@@H]1O. The third-order valence-corrected chi connectivity index (χ3v) is 4.36. The predicted octanol–water partition coefficient (Wildman–Crippen LogP) is 0.835. The Hall–Kier alpha value is -2.91. The molecule has 29 heavy (non-hydrogen) atoms. The van der Waals surface area contributed by atoms with Gasteiger partial charge in [0.2, 0.25) is 6.29 Å². The molecule has 5 atom stereocenters. The number of hydrogen-bond donors (Lipinski definition) is 4. The summed E-state index contributed by atoms with van der Waals surface area (Å²) in [7, 11) is 0. The predicted molar refractivity (Wildman–Crippen MR) is 102 cm³/mol. The molecule has 1 saturated heterocycles. The van der Waals surface area contributed by atoms with Crippen LogP contribution in [0.4, 0.5) is 0 Å². The van der Waals surface area contributed by atoms with Crippen LogP contribution in [0.3, 0.4) is 0 Å². The van der Waals surface area contributed by atoms with Crippen molar-refractivity contribution >= 4 is 12.0 Å². The molecule has 2 aromatic carbocycles. The van der Waals surface area contributed by atoms with E-state index in [9.17, 15) is 25.2 Å². The maximum Gasteiger partial charge on any atom is 0.330 e. The summed E-state index contributed by atoms with van der Waals surface area (Å²) in [4.78, 5) is 11.9. The van der Waals surface area contributed by atoms with Gasteiger partial charge in [0.25, 0.3) is 0 Å². The average Bonchev–Trinajstić information content (AvgIpc) is 2.74. The lowest BCUT2D eigenvalue weighted by molar-refractivity contribution is -0.278. The smallest absolute Gasteiger partial charge is 0.330 e. The normalized spacial score (nSPS) is 26.9. The highest BCUT2D eigenvalue weighted by atomic mass is 16.7. The summed E-state index contributed by atoms with van der Waals surface area (Å²) in [6, 6.07) is 14.8. The molecule has 1 aliphatic heterocycles. The molecule has 0 aliphatic carbocycles. The first-order chi connectivity index (χ1) is 13.9. The molecule has 0 amide bonds. The van der Waals surface area contributed by atoms with Gasteiger partial charge in [-0.2, -0.15) is 0 Å². The van der Waals surface area contributed by atoms with Gasteiger partial charge >= 0.3 is 5.97 Å². The van der Waals surface area contributed by atoms with Gasteiger partial charge in [0.05, 0.1) is 0 Å². The van der Waals surface area contributed by atoms with E-state index in [2.05, 4.69) is 0 Å². The summed E-state index contributed by atoms with van der Waals surface area (Å²) in [6.45, 7) is -0.349. The lowest BCUT2D eigenvalue weighted by Gasteiger charge is -2.39. The average molecular weight is 402 g/mol. The molecule has 2 aromatic rings. The van der Waals surface area contributed by atoms with E-state index < -0.39 is 36.7 Å². The minimum absolute atomic E-state index is 0.0336. The molecule has 3 rings (SSSR count). The number of carbonyl (C=O) groups excluding carboxylic acids is 1. The minimum atomic E-state index is -1.56. The number of hydrogen-bond acceptors (Lipinski definition) is 8. The zero-order valence-corrected chi connectivity index (χ0v) is 15.4. The van der Waals surface area contributed by atoms with E-state index in [4.69, 9.17) is 14.2 Å². The van der Waals surface area contributed by atoms with Crippen LogP contribution in [0.2, 0.25) is 0 Å². The van der Waals surface area contributed by atoms with Crippen LogP contribution < -0.4 is 4.74 Å². The zero-order chi connectivity index (χ0) is 20.8. The molecule has 8 heteroatoms. The van der Waals surface area contributed by atoms with Crippen molar-refractivity contribution < 1.29 is 39.4 Å². The Kier molecular flexibility index (Phi) is 6.84. The lowest BCUT2D eigenvalue weighted by Crippen LogP contribution is -2.60. The number of phenols is 1. The molecule has 0 spiro atoms. The molecule has 8 nitrogen and oxygen atoms in total. The fourth-order valence-electron chi connectivity index (χ4n) is 2.75. The topological polar surface area (TPSA) is 126 Å². The lowest BCUT2D eigenvalue weighted by atomic mass is 9.99. The fraction of sp³-hybridized carbons (Fsp3) is 0.286. The Bertz CT molecular complexity index is 820. The van der Waals surface area contributed by atoms with Gasteiger partial charge in [-0.15, -0.1) is 0 Å². The van der Waals surface area contributed by atoms with Crippen molar-refractivity contribution in [1.82, 2.24) is 0 Å². The highest BCUT2D eigenvalue weighted by Gasteiger charge is 2.45. The van der Waals surface area contributed by atoms with Crippen LogP contribution in [0.25, 0.3) is 6.08 Å². The standard InChI is InChI=1S/C21H22O8/c22-14-7-9-15(10-8-14)28-21-20(26)19(25)18(24)16(29-21)12-27-17(23)11-6-13-4-2-1-3-5-13/h1-11,16,18-22,24-26H,12H2/t16-,18-,19+,20-,21-/m1/s1. The van der Waals surface area contributed by atoms with Crippen LogP contribution >= 0.6 is 0 Å². The summed E-state index contributed by atoms with van der Waals surface area (Å²) in [5, 5.41) is 39.6. The maximum absolute atomic E-state index is 11.9. The molecule has 0 bridgehead atoms. The number of ether oxygens (including phenoxy) is 3. The highest BCUT2D eigenvalue weighted by Crippen LogP contribution is 2.25. The van der Waals surface area contributed by atoms with E-state index in [-0.39, 0.29) is 18.1 Å². The Balaban J connectivity index is 1.58. The van der Waals surface area contributed by atoms with Crippen LogP contribution in [0.15, 0.2) is 60.7 Å². The van der Waals surface area contributed by atoms with Crippen molar-refractivity contribution in [2.45, 2.75) is 30.7 Å². The van der Waals surface area contributed by atoms with Crippen molar-refractivity contribution in [3.63, 3.8) is 0 Å². The van der Waals surface area contributed by atoms with Gasteiger partial charge in [0.1, 0.15) is 42.5 Å². The summed E-state index contributed by atoms with van der Waals surface area (Å²) < 4.78 is 16.0. The molecule has 0 radical (unpaired) electrons. The Morgan fingerprint density at radius 3 is 2.34 bits per heavy atom. The van der Waals surface area contributed by atoms with Gasteiger partial charge in [-0.3, -0.25) is 0 Å². The summed E-state index contributed by atoms with van der Waals surface area (Å²) >= 11 is 0. The molecule has 0 saturated carbocycles. The van der Waals surface area contributed by atoms with E-state index >= 15 is 0 Å². The molecule has 0 aromatic heterocycles. The number of aromatic hydroxyl groups is 1. The van der Waals surface area contributed by atoms with E-state index in [0.717, 1.165) is 5.56 Å². The number of phenolic OH excluding ortho intramolecular Hbond substituents is 1. The molecular formula is C21H22O8. The van der Waals surface area contributed by atoms with Crippen molar-refractivity contribution in [2.75, 3.05) is 6.61 Å².